The number of carbonyl (C=O) groups is 1. The van der Waals surface area contributed by atoms with Crippen LogP contribution in [0.1, 0.15) is 32.5 Å². The predicted octanol–water partition coefficient (Wildman–Crippen LogP) is 1.97. The van der Waals surface area contributed by atoms with E-state index < -0.39 is 5.60 Å². The van der Waals surface area contributed by atoms with Crippen molar-refractivity contribution >= 4 is 6.09 Å². The second-order valence-electron chi connectivity index (χ2n) is 6.02. The minimum absolute atomic E-state index is 0.125. The van der Waals surface area contributed by atoms with Crippen molar-refractivity contribution < 1.29 is 14.3 Å². The quantitative estimate of drug-likeness (QED) is 0.903. The summed E-state index contributed by atoms with van der Waals surface area (Å²) in [4.78, 5) is 18.5. The molecule has 6 heteroatoms. The molecular weight excluding hydrogens is 270 g/mol. The number of pyridine rings is 1. The Kier molecular flexibility index (Phi) is 4.67. The van der Waals surface area contributed by atoms with Crippen molar-refractivity contribution in [1.29, 1.82) is 0 Å². The van der Waals surface area contributed by atoms with Gasteiger partial charge in [-0.15, -0.1) is 0 Å². The second-order valence-corrected chi connectivity index (χ2v) is 6.02. The average Bonchev–Trinajstić information content (AvgIpc) is 2.45. The summed E-state index contributed by atoms with van der Waals surface area (Å²) in [7, 11) is 1.60. The lowest BCUT2D eigenvalue weighted by atomic mass is 10.1. The van der Waals surface area contributed by atoms with E-state index in [9.17, 15) is 4.79 Å². The van der Waals surface area contributed by atoms with Crippen molar-refractivity contribution in [1.82, 2.24) is 15.2 Å². The highest BCUT2D eigenvalue weighted by atomic mass is 16.6. The highest BCUT2D eigenvalue weighted by Gasteiger charge is 2.32. The molecule has 0 radical (unpaired) electrons. The summed E-state index contributed by atoms with van der Waals surface area (Å²) in [5, 5.41) is 3.29. The van der Waals surface area contributed by atoms with E-state index >= 15 is 0 Å². The summed E-state index contributed by atoms with van der Waals surface area (Å²) in [6.07, 6.45) is 1.36. The third kappa shape index (κ3) is 4.07. The number of nitrogens with one attached hydrogen (secondary N) is 1. The van der Waals surface area contributed by atoms with Crippen LogP contribution in [0.3, 0.4) is 0 Å². The lowest BCUT2D eigenvalue weighted by molar-refractivity contribution is 0.0113. The fourth-order valence-corrected chi connectivity index (χ4v) is 2.22. The maximum Gasteiger partial charge on any atom is 0.410 e. The molecule has 1 atom stereocenters. The standard InChI is InChI=1S/C15H23N3O3/c1-15(2,3)21-14(19)18-8-7-16-10-13(18)12-6-5-11(20-4)9-17-12/h5-6,9,13,16H,7-8,10H2,1-4H3. The van der Waals surface area contributed by atoms with E-state index in [1.807, 2.05) is 32.9 Å². The molecule has 1 aliphatic heterocycles. The van der Waals surface area contributed by atoms with Crippen LogP contribution in [0.5, 0.6) is 5.75 Å². The molecule has 1 amide bonds. The number of nitrogens with zero attached hydrogens (tertiary/aromatic N) is 2. The smallest absolute Gasteiger partial charge is 0.410 e. The molecule has 1 aromatic heterocycles. The number of carbonyl (C=O) groups excluding carboxylic acids is 1. The zero-order valence-electron chi connectivity index (χ0n) is 13.0. The lowest BCUT2D eigenvalue weighted by Gasteiger charge is -2.36. The van der Waals surface area contributed by atoms with E-state index in [0.717, 1.165) is 12.2 Å². The van der Waals surface area contributed by atoms with Crippen molar-refractivity contribution in [3.63, 3.8) is 0 Å². The molecule has 1 saturated heterocycles. The van der Waals surface area contributed by atoms with E-state index in [4.69, 9.17) is 9.47 Å². The van der Waals surface area contributed by atoms with Crippen LogP contribution in [0.15, 0.2) is 18.3 Å². The molecule has 6 nitrogen and oxygen atoms in total. The van der Waals surface area contributed by atoms with Crippen molar-refractivity contribution in [2.24, 2.45) is 0 Å². The number of amides is 1. The highest BCUT2D eigenvalue weighted by Crippen LogP contribution is 2.24. The van der Waals surface area contributed by atoms with Gasteiger partial charge in [-0.05, 0) is 32.9 Å². The Morgan fingerprint density at radius 1 is 1.43 bits per heavy atom. The van der Waals surface area contributed by atoms with Gasteiger partial charge in [0.15, 0.2) is 0 Å². The Morgan fingerprint density at radius 2 is 2.19 bits per heavy atom. The van der Waals surface area contributed by atoms with Crippen LogP contribution in [0.4, 0.5) is 4.79 Å². The van der Waals surface area contributed by atoms with Crippen molar-refractivity contribution in [3.05, 3.63) is 24.0 Å². The third-order valence-corrected chi connectivity index (χ3v) is 3.21. The summed E-state index contributed by atoms with van der Waals surface area (Å²) in [6, 6.07) is 3.61. The van der Waals surface area contributed by atoms with Gasteiger partial charge in [-0.2, -0.15) is 0 Å². The lowest BCUT2D eigenvalue weighted by Crippen LogP contribution is -2.50. The van der Waals surface area contributed by atoms with Crippen LogP contribution in [0, 0.1) is 0 Å². The van der Waals surface area contributed by atoms with Crippen LogP contribution >= 0.6 is 0 Å². The molecule has 0 aliphatic carbocycles. The minimum Gasteiger partial charge on any atom is -0.495 e. The molecule has 1 aromatic rings. The molecule has 0 saturated carbocycles. The Morgan fingerprint density at radius 3 is 2.76 bits per heavy atom. The van der Waals surface area contributed by atoms with Gasteiger partial charge in [-0.25, -0.2) is 4.79 Å². The molecule has 1 N–H and O–H groups in total. The average molecular weight is 293 g/mol. The number of hydrogen-bond donors (Lipinski definition) is 1. The van der Waals surface area contributed by atoms with E-state index in [2.05, 4.69) is 10.3 Å². The number of piperazine rings is 1. The van der Waals surface area contributed by atoms with Gasteiger partial charge < -0.3 is 14.8 Å². The third-order valence-electron chi connectivity index (χ3n) is 3.21. The van der Waals surface area contributed by atoms with Crippen molar-refractivity contribution in [2.45, 2.75) is 32.4 Å². The predicted molar refractivity (Wildman–Crippen MR) is 79.3 cm³/mol. The summed E-state index contributed by atoms with van der Waals surface area (Å²) in [5.74, 6) is 0.700. The first kappa shape index (κ1) is 15.6. The molecule has 2 rings (SSSR count). The summed E-state index contributed by atoms with van der Waals surface area (Å²) in [5.41, 5.74) is 0.327. The molecule has 116 valence electrons. The largest absolute Gasteiger partial charge is 0.495 e. The number of ether oxygens (including phenoxy) is 2. The molecule has 1 aliphatic rings. The Balaban J connectivity index is 2.16. The zero-order chi connectivity index (χ0) is 15.5. The number of methoxy groups -OCH3 is 1. The normalized spacial score (nSPS) is 19.2. The zero-order valence-corrected chi connectivity index (χ0v) is 13.0. The first-order chi connectivity index (χ1) is 9.90. The molecule has 2 heterocycles. The number of hydrogen-bond acceptors (Lipinski definition) is 5. The van der Waals surface area contributed by atoms with Crippen LogP contribution < -0.4 is 10.1 Å². The van der Waals surface area contributed by atoms with E-state index in [1.165, 1.54) is 0 Å². The van der Waals surface area contributed by atoms with Gasteiger partial charge in [0.05, 0.1) is 25.0 Å². The van der Waals surface area contributed by atoms with Gasteiger partial charge >= 0.3 is 6.09 Å². The first-order valence-corrected chi connectivity index (χ1v) is 7.11. The maximum absolute atomic E-state index is 12.3. The molecular formula is C15H23N3O3. The molecule has 0 bridgehead atoms. The van der Waals surface area contributed by atoms with Gasteiger partial charge in [0, 0.05) is 19.6 Å². The van der Waals surface area contributed by atoms with Crippen LogP contribution in [-0.2, 0) is 4.74 Å². The van der Waals surface area contributed by atoms with Gasteiger partial charge in [0.1, 0.15) is 11.4 Å². The molecule has 0 aromatic carbocycles. The van der Waals surface area contributed by atoms with Gasteiger partial charge in [0.25, 0.3) is 0 Å². The fraction of sp³-hybridized carbons (Fsp3) is 0.600. The number of rotatable bonds is 2. The number of aromatic nitrogens is 1. The Labute approximate surface area is 125 Å². The van der Waals surface area contributed by atoms with E-state index in [-0.39, 0.29) is 12.1 Å². The SMILES string of the molecule is COc1ccc(C2CNCCN2C(=O)OC(C)(C)C)nc1. The van der Waals surface area contributed by atoms with Gasteiger partial charge in [-0.1, -0.05) is 0 Å². The Bertz CT molecular complexity index is 482. The van der Waals surface area contributed by atoms with Crippen LogP contribution in [-0.4, -0.2) is 48.3 Å². The van der Waals surface area contributed by atoms with Gasteiger partial charge in [-0.3, -0.25) is 9.88 Å². The van der Waals surface area contributed by atoms with Crippen LogP contribution in [0.25, 0.3) is 0 Å². The Hall–Kier alpha value is -1.82. The maximum atomic E-state index is 12.3. The summed E-state index contributed by atoms with van der Waals surface area (Å²) < 4.78 is 10.6. The summed E-state index contributed by atoms with van der Waals surface area (Å²) in [6.45, 7) is 7.63. The van der Waals surface area contributed by atoms with E-state index in [1.54, 1.807) is 18.2 Å². The first-order valence-electron chi connectivity index (χ1n) is 7.11. The fourth-order valence-electron chi connectivity index (χ4n) is 2.22. The second kappa shape index (κ2) is 6.30. The molecule has 1 fully saturated rings. The monoisotopic (exact) mass is 293 g/mol. The summed E-state index contributed by atoms with van der Waals surface area (Å²) >= 11 is 0. The van der Waals surface area contributed by atoms with Crippen LogP contribution in [0.2, 0.25) is 0 Å². The topological polar surface area (TPSA) is 63.7 Å². The molecule has 0 spiro atoms. The molecule has 1 unspecified atom stereocenters. The van der Waals surface area contributed by atoms with Crippen molar-refractivity contribution in [3.8, 4) is 5.75 Å². The van der Waals surface area contributed by atoms with E-state index in [0.29, 0.717) is 18.8 Å². The van der Waals surface area contributed by atoms with Gasteiger partial charge in [0.2, 0.25) is 0 Å². The van der Waals surface area contributed by atoms with Crippen molar-refractivity contribution in [2.75, 3.05) is 26.7 Å². The minimum atomic E-state index is -0.500. The highest BCUT2D eigenvalue weighted by molar-refractivity contribution is 5.69. The molecule has 21 heavy (non-hydrogen) atoms.